The number of hydrogen-bond donors (Lipinski definition) is 1. The lowest BCUT2D eigenvalue weighted by atomic mass is 9.63. The molecular weight excluding hydrogens is 312 g/mol. The van der Waals surface area contributed by atoms with Crippen molar-refractivity contribution in [1.82, 2.24) is 0 Å². The third-order valence-electron chi connectivity index (χ3n) is 5.86. The Morgan fingerprint density at radius 2 is 1.96 bits per heavy atom. The van der Waals surface area contributed by atoms with Gasteiger partial charge in [0.05, 0.1) is 12.7 Å². The largest absolute Gasteiger partial charge is 0.497 e. The minimum absolute atomic E-state index is 0.0678. The fraction of sp³-hybridized carbons (Fsp3) is 0.286. The third-order valence-corrected chi connectivity index (χ3v) is 5.86. The Morgan fingerprint density at radius 3 is 2.72 bits per heavy atom. The Hall–Kier alpha value is -2.75. The van der Waals surface area contributed by atoms with Crippen molar-refractivity contribution < 1.29 is 9.53 Å². The molecule has 1 saturated carbocycles. The minimum Gasteiger partial charge on any atom is -0.497 e. The standard InChI is InChI=1S/C21H20N2O2/c1-25-16-11-9-15(10-12-16)23-20(24)17-6-2-3-8-19(17)22-21(23)13-14-5-4-7-18(14)21/h2-4,6-12,14,18,22H,5,13H2,1H3/t14-,18+,21+/m0/s1. The molecule has 1 fully saturated rings. The van der Waals surface area contributed by atoms with Crippen LogP contribution < -0.4 is 15.0 Å². The van der Waals surface area contributed by atoms with Crippen LogP contribution in [0, 0.1) is 11.8 Å². The molecule has 3 aliphatic rings. The summed E-state index contributed by atoms with van der Waals surface area (Å²) in [7, 11) is 1.65. The van der Waals surface area contributed by atoms with E-state index in [9.17, 15) is 4.79 Å². The molecule has 1 N–H and O–H groups in total. The Labute approximate surface area is 147 Å². The van der Waals surface area contributed by atoms with Gasteiger partial charge in [0.1, 0.15) is 11.4 Å². The molecule has 2 aromatic carbocycles. The lowest BCUT2D eigenvalue weighted by Gasteiger charge is -2.60. The van der Waals surface area contributed by atoms with Gasteiger partial charge in [-0.2, -0.15) is 0 Å². The van der Waals surface area contributed by atoms with Gasteiger partial charge in [-0.25, -0.2) is 0 Å². The second kappa shape index (κ2) is 5.12. The fourth-order valence-corrected chi connectivity index (χ4v) is 4.66. The number of benzene rings is 2. The summed E-state index contributed by atoms with van der Waals surface area (Å²) in [5.74, 6) is 1.85. The van der Waals surface area contributed by atoms with E-state index in [4.69, 9.17) is 4.74 Å². The first-order valence-corrected chi connectivity index (χ1v) is 8.75. The van der Waals surface area contributed by atoms with Crippen LogP contribution in [0.15, 0.2) is 60.7 Å². The fourth-order valence-electron chi connectivity index (χ4n) is 4.66. The van der Waals surface area contributed by atoms with Gasteiger partial charge >= 0.3 is 0 Å². The summed E-state index contributed by atoms with van der Waals surface area (Å²) in [6.07, 6.45) is 6.61. The van der Waals surface area contributed by atoms with Crippen molar-refractivity contribution in [2.75, 3.05) is 17.3 Å². The normalized spacial score (nSPS) is 29.0. The minimum atomic E-state index is -0.363. The number of methoxy groups -OCH3 is 1. The maximum absolute atomic E-state index is 13.4. The molecule has 4 nitrogen and oxygen atoms in total. The van der Waals surface area contributed by atoms with Gasteiger partial charge in [0.2, 0.25) is 0 Å². The Bertz CT molecular complexity index is 874. The molecule has 2 aliphatic carbocycles. The topological polar surface area (TPSA) is 41.6 Å². The van der Waals surface area contributed by atoms with Crippen molar-refractivity contribution in [2.45, 2.75) is 18.5 Å². The molecule has 0 radical (unpaired) electrons. The lowest BCUT2D eigenvalue weighted by Crippen LogP contribution is -2.71. The number of nitrogens with zero attached hydrogens (tertiary/aromatic N) is 1. The number of nitrogens with one attached hydrogen (secondary N) is 1. The van der Waals surface area contributed by atoms with Crippen LogP contribution in [0.25, 0.3) is 0 Å². The highest BCUT2D eigenvalue weighted by molar-refractivity contribution is 6.13. The number of para-hydroxylation sites is 1. The summed E-state index contributed by atoms with van der Waals surface area (Å²) in [5.41, 5.74) is 2.22. The zero-order valence-corrected chi connectivity index (χ0v) is 14.1. The average Bonchev–Trinajstić information content (AvgIpc) is 3.04. The SMILES string of the molecule is COc1ccc(N2C(=O)c3ccccc3N[C@]23C[C@@H]2CC=C[C@H]23)cc1. The van der Waals surface area contributed by atoms with E-state index < -0.39 is 0 Å². The molecule has 4 heteroatoms. The van der Waals surface area contributed by atoms with Crippen LogP contribution in [0.3, 0.4) is 0 Å². The van der Waals surface area contributed by atoms with Gasteiger partial charge in [-0.3, -0.25) is 9.69 Å². The van der Waals surface area contributed by atoms with E-state index in [1.54, 1.807) is 7.11 Å². The second-order valence-electron chi connectivity index (χ2n) is 7.09. The Morgan fingerprint density at radius 1 is 1.16 bits per heavy atom. The molecule has 0 aromatic heterocycles. The van der Waals surface area contributed by atoms with Crippen molar-refractivity contribution >= 4 is 17.3 Å². The van der Waals surface area contributed by atoms with Crippen LogP contribution in [0.2, 0.25) is 0 Å². The lowest BCUT2D eigenvalue weighted by molar-refractivity contribution is 0.0725. The van der Waals surface area contributed by atoms with Gasteiger partial charge in [0.25, 0.3) is 5.91 Å². The van der Waals surface area contributed by atoms with Crippen LogP contribution in [-0.4, -0.2) is 18.7 Å². The van der Waals surface area contributed by atoms with Gasteiger partial charge in [-0.05, 0) is 55.2 Å². The highest BCUT2D eigenvalue weighted by atomic mass is 16.5. The smallest absolute Gasteiger partial charge is 0.262 e. The summed E-state index contributed by atoms with van der Waals surface area (Å²) in [6, 6.07) is 15.6. The van der Waals surface area contributed by atoms with Gasteiger partial charge in [0, 0.05) is 17.3 Å². The maximum atomic E-state index is 13.4. The second-order valence-corrected chi connectivity index (χ2v) is 7.09. The van der Waals surface area contributed by atoms with Crippen molar-refractivity contribution in [1.29, 1.82) is 0 Å². The Balaban J connectivity index is 1.65. The van der Waals surface area contributed by atoms with Gasteiger partial charge in [-0.15, -0.1) is 0 Å². The number of rotatable bonds is 2. The molecule has 2 aromatic rings. The quantitative estimate of drug-likeness (QED) is 0.843. The zero-order valence-electron chi connectivity index (χ0n) is 14.1. The number of allylic oxidation sites excluding steroid dienone is 1. The molecule has 1 spiro atoms. The van der Waals surface area contributed by atoms with Crippen LogP contribution in [-0.2, 0) is 0 Å². The summed E-state index contributed by atoms with van der Waals surface area (Å²) in [5, 5.41) is 3.71. The first-order chi connectivity index (χ1) is 12.2. The number of anilines is 2. The Kier molecular flexibility index (Phi) is 2.99. The van der Waals surface area contributed by atoms with E-state index in [2.05, 4.69) is 17.5 Å². The van der Waals surface area contributed by atoms with E-state index in [0.717, 1.165) is 35.5 Å². The first kappa shape index (κ1) is 14.6. The van der Waals surface area contributed by atoms with Crippen LogP contribution in [0.1, 0.15) is 23.2 Å². The molecule has 0 unspecified atom stereocenters. The highest BCUT2D eigenvalue weighted by Gasteiger charge is 2.61. The summed E-state index contributed by atoms with van der Waals surface area (Å²) in [6.45, 7) is 0. The van der Waals surface area contributed by atoms with E-state index in [1.165, 1.54) is 0 Å². The first-order valence-electron chi connectivity index (χ1n) is 8.75. The zero-order chi connectivity index (χ0) is 17.0. The summed E-state index contributed by atoms with van der Waals surface area (Å²) >= 11 is 0. The molecule has 5 rings (SSSR count). The molecule has 3 atom stereocenters. The van der Waals surface area contributed by atoms with Crippen molar-refractivity contribution in [3.63, 3.8) is 0 Å². The third kappa shape index (κ3) is 1.91. The number of carbonyl (C=O) groups is 1. The average molecular weight is 332 g/mol. The summed E-state index contributed by atoms with van der Waals surface area (Å²) in [4.78, 5) is 15.4. The molecule has 0 bridgehead atoms. The van der Waals surface area contributed by atoms with Crippen molar-refractivity contribution in [2.24, 2.45) is 11.8 Å². The van der Waals surface area contributed by atoms with E-state index in [1.807, 2.05) is 53.4 Å². The molecule has 126 valence electrons. The monoisotopic (exact) mass is 332 g/mol. The van der Waals surface area contributed by atoms with Gasteiger partial charge < -0.3 is 10.1 Å². The molecule has 1 amide bonds. The van der Waals surface area contributed by atoms with Gasteiger partial charge in [0.15, 0.2) is 0 Å². The predicted octanol–water partition coefficient (Wildman–Crippen LogP) is 4.06. The van der Waals surface area contributed by atoms with Gasteiger partial charge in [-0.1, -0.05) is 24.3 Å². The number of carbonyl (C=O) groups excluding carboxylic acids is 1. The van der Waals surface area contributed by atoms with Crippen LogP contribution in [0.4, 0.5) is 11.4 Å². The number of amides is 1. The maximum Gasteiger partial charge on any atom is 0.262 e. The van der Waals surface area contributed by atoms with E-state index in [-0.39, 0.29) is 11.6 Å². The van der Waals surface area contributed by atoms with Crippen molar-refractivity contribution in [3.8, 4) is 5.75 Å². The highest BCUT2D eigenvalue weighted by Crippen LogP contribution is 2.56. The number of fused-ring (bicyclic) bond motifs is 3. The molecule has 25 heavy (non-hydrogen) atoms. The predicted molar refractivity (Wildman–Crippen MR) is 98.0 cm³/mol. The molecule has 1 heterocycles. The van der Waals surface area contributed by atoms with E-state index in [0.29, 0.717) is 11.8 Å². The number of ether oxygens (including phenoxy) is 1. The molecule has 0 saturated heterocycles. The number of hydrogen-bond acceptors (Lipinski definition) is 3. The van der Waals surface area contributed by atoms with E-state index >= 15 is 0 Å². The molecule has 1 aliphatic heterocycles. The van der Waals surface area contributed by atoms with Crippen LogP contribution in [0.5, 0.6) is 5.75 Å². The molecular formula is C21H20N2O2. The van der Waals surface area contributed by atoms with Crippen LogP contribution >= 0.6 is 0 Å². The summed E-state index contributed by atoms with van der Waals surface area (Å²) < 4.78 is 5.27. The van der Waals surface area contributed by atoms with Crippen molar-refractivity contribution in [3.05, 3.63) is 66.2 Å².